The zero-order chi connectivity index (χ0) is 21.2. The molecule has 0 aliphatic carbocycles. The number of amides is 1. The van der Waals surface area contributed by atoms with Gasteiger partial charge in [-0.15, -0.1) is 0 Å². The molecule has 3 aromatic rings. The molecule has 0 unspecified atom stereocenters. The van der Waals surface area contributed by atoms with Gasteiger partial charge in [0.15, 0.2) is 0 Å². The Bertz CT molecular complexity index is 939. The van der Waals surface area contributed by atoms with E-state index in [-0.39, 0.29) is 24.9 Å². The Morgan fingerprint density at radius 3 is 2.50 bits per heavy atom. The van der Waals surface area contributed by atoms with Gasteiger partial charge in [0.1, 0.15) is 6.61 Å². The van der Waals surface area contributed by atoms with E-state index in [1.165, 1.54) is 0 Å². The first-order valence-electron chi connectivity index (χ1n) is 10.1. The van der Waals surface area contributed by atoms with E-state index in [0.717, 1.165) is 16.7 Å². The van der Waals surface area contributed by atoms with E-state index in [0.29, 0.717) is 25.9 Å². The molecule has 1 heterocycles. The van der Waals surface area contributed by atoms with Crippen molar-refractivity contribution in [2.75, 3.05) is 13.6 Å². The molecule has 0 saturated heterocycles. The number of hydrogen-bond donors (Lipinski definition) is 0. The van der Waals surface area contributed by atoms with Crippen LogP contribution in [0.3, 0.4) is 0 Å². The quantitative estimate of drug-likeness (QED) is 0.486. The minimum atomic E-state index is -0.238. The van der Waals surface area contributed by atoms with Crippen molar-refractivity contribution in [3.8, 4) is 0 Å². The molecule has 0 spiro atoms. The summed E-state index contributed by atoms with van der Waals surface area (Å²) in [4.78, 5) is 30.5. The second-order valence-corrected chi connectivity index (χ2v) is 7.21. The second-order valence-electron chi connectivity index (χ2n) is 7.21. The summed E-state index contributed by atoms with van der Waals surface area (Å²) >= 11 is 0. The van der Waals surface area contributed by atoms with E-state index in [1.54, 1.807) is 17.4 Å². The topological polar surface area (TPSA) is 64.4 Å². The molecule has 6 heteroatoms. The normalized spacial score (nSPS) is 10.6. The number of ether oxygens (including phenoxy) is 1. The van der Waals surface area contributed by atoms with Crippen molar-refractivity contribution in [1.29, 1.82) is 0 Å². The molecule has 0 aliphatic heterocycles. The highest BCUT2D eigenvalue weighted by molar-refractivity contribution is 5.79. The van der Waals surface area contributed by atoms with Gasteiger partial charge in [0.25, 0.3) is 0 Å². The van der Waals surface area contributed by atoms with E-state index in [4.69, 9.17) is 4.74 Å². The number of rotatable bonds is 10. The number of benzene rings is 2. The van der Waals surface area contributed by atoms with Crippen molar-refractivity contribution in [3.63, 3.8) is 0 Å². The number of aryl methyl sites for hydroxylation is 1. The largest absolute Gasteiger partial charge is 0.461 e. The van der Waals surface area contributed by atoms with Crippen LogP contribution in [0.2, 0.25) is 0 Å². The Morgan fingerprint density at radius 1 is 1.03 bits per heavy atom. The summed E-state index contributed by atoms with van der Waals surface area (Å²) in [6, 6.07) is 17.4. The summed E-state index contributed by atoms with van der Waals surface area (Å²) in [6.45, 7) is 1.60. The maximum absolute atomic E-state index is 12.6. The van der Waals surface area contributed by atoms with Crippen LogP contribution in [0.15, 0.2) is 73.3 Å². The van der Waals surface area contributed by atoms with Crippen molar-refractivity contribution in [1.82, 2.24) is 14.5 Å². The molecule has 6 nitrogen and oxygen atoms in total. The Labute approximate surface area is 177 Å². The highest BCUT2D eigenvalue weighted by Gasteiger charge is 2.13. The van der Waals surface area contributed by atoms with Gasteiger partial charge in [0.2, 0.25) is 5.91 Å². The van der Waals surface area contributed by atoms with Gasteiger partial charge in [-0.05, 0) is 23.1 Å². The number of carbonyl (C=O) groups excluding carboxylic acids is 2. The van der Waals surface area contributed by atoms with Gasteiger partial charge in [0, 0.05) is 39.0 Å². The van der Waals surface area contributed by atoms with Crippen LogP contribution in [0.25, 0.3) is 0 Å². The van der Waals surface area contributed by atoms with Gasteiger partial charge in [-0.3, -0.25) is 9.59 Å². The van der Waals surface area contributed by atoms with Crippen LogP contribution in [0, 0.1) is 0 Å². The number of carbonyl (C=O) groups is 2. The Hall–Kier alpha value is -3.41. The predicted molar refractivity (Wildman–Crippen MR) is 115 cm³/mol. The fourth-order valence-electron chi connectivity index (χ4n) is 3.13. The molecule has 0 fully saturated rings. The second kappa shape index (κ2) is 11.0. The number of imidazole rings is 1. The van der Waals surface area contributed by atoms with Crippen molar-refractivity contribution in [2.24, 2.45) is 0 Å². The van der Waals surface area contributed by atoms with E-state index >= 15 is 0 Å². The molecule has 0 saturated carbocycles. The summed E-state index contributed by atoms with van der Waals surface area (Å²) in [7, 11) is 1.81. The van der Waals surface area contributed by atoms with Crippen LogP contribution in [-0.4, -0.2) is 39.9 Å². The molecule has 156 valence electrons. The summed E-state index contributed by atoms with van der Waals surface area (Å²) in [5, 5.41) is 0. The van der Waals surface area contributed by atoms with Crippen LogP contribution in [-0.2, 0) is 40.3 Å². The monoisotopic (exact) mass is 405 g/mol. The first kappa shape index (κ1) is 21.3. The van der Waals surface area contributed by atoms with Crippen molar-refractivity contribution < 1.29 is 14.3 Å². The summed E-state index contributed by atoms with van der Waals surface area (Å²) < 4.78 is 7.30. The van der Waals surface area contributed by atoms with Gasteiger partial charge in [-0.1, -0.05) is 54.6 Å². The van der Waals surface area contributed by atoms with Gasteiger partial charge in [-0.2, -0.15) is 0 Å². The number of hydrogen-bond acceptors (Lipinski definition) is 4. The molecule has 3 rings (SSSR count). The highest BCUT2D eigenvalue weighted by Crippen LogP contribution is 2.14. The Kier molecular flexibility index (Phi) is 7.78. The van der Waals surface area contributed by atoms with Gasteiger partial charge < -0.3 is 14.2 Å². The van der Waals surface area contributed by atoms with Crippen molar-refractivity contribution >= 4 is 11.9 Å². The number of aromatic nitrogens is 2. The standard InChI is InChI=1S/C24H27N3O3/c1-26(15-16-27-14-13-25-19-27)23(28)17-22-10-6-5-9-21(22)11-12-24(29)30-18-20-7-3-2-4-8-20/h2-10,13-14,19H,11-12,15-18H2,1H3. The fraction of sp³-hybridized carbons (Fsp3) is 0.292. The molecule has 0 aliphatic rings. The van der Waals surface area contributed by atoms with Crippen LogP contribution >= 0.6 is 0 Å². The van der Waals surface area contributed by atoms with Gasteiger partial charge >= 0.3 is 5.97 Å². The third-order valence-corrected chi connectivity index (χ3v) is 4.98. The molecule has 1 amide bonds. The smallest absolute Gasteiger partial charge is 0.306 e. The minimum Gasteiger partial charge on any atom is -0.461 e. The van der Waals surface area contributed by atoms with Crippen LogP contribution in [0.4, 0.5) is 0 Å². The maximum atomic E-state index is 12.6. The summed E-state index contributed by atoms with van der Waals surface area (Å²) in [5.74, 6) is -0.188. The summed E-state index contributed by atoms with van der Waals surface area (Å²) in [6.07, 6.45) is 6.50. The highest BCUT2D eigenvalue weighted by atomic mass is 16.5. The molecule has 30 heavy (non-hydrogen) atoms. The van der Waals surface area contributed by atoms with Gasteiger partial charge in [0.05, 0.1) is 12.7 Å². The number of nitrogens with zero attached hydrogens (tertiary/aromatic N) is 3. The van der Waals surface area contributed by atoms with E-state index in [2.05, 4.69) is 4.98 Å². The molecular weight excluding hydrogens is 378 g/mol. The lowest BCUT2D eigenvalue weighted by Gasteiger charge is -2.18. The zero-order valence-corrected chi connectivity index (χ0v) is 17.2. The lowest BCUT2D eigenvalue weighted by Crippen LogP contribution is -2.31. The average Bonchev–Trinajstić information content (AvgIpc) is 3.30. The number of esters is 1. The van der Waals surface area contributed by atoms with E-state index in [1.807, 2.05) is 72.4 Å². The van der Waals surface area contributed by atoms with Crippen molar-refractivity contribution in [3.05, 3.63) is 90.0 Å². The third kappa shape index (κ3) is 6.58. The molecule has 0 atom stereocenters. The average molecular weight is 405 g/mol. The first-order chi connectivity index (χ1) is 14.6. The zero-order valence-electron chi connectivity index (χ0n) is 17.2. The van der Waals surface area contributed by atoms with Crippen LogP contribution < -0.4 is 0 Å². The van der Waals surface area contributed by atoms with Gasteiger partial charge in [-0.25, -0.2) is 4.98 Å². The fourth-order valence-corrected chi connectivity index (χ4v) is 3.13. The summed E-state index contributed by atoms with van der Waals surface area (Å²) in [5.41, 5.74) is 2.92. The SMILES string of the molecule is CN(CCn1ccnc1)C(=O)Cc1ccccc1CCC(=O)OCc1ccccc1. The van der Waals surface area contributed by atoms with Crippen molar-refractivity contribution in [2.45, 2.75) is 32.4 Å². The lowest BCUT2D eigenvalue weighted by molar-refractivity contribution is -0.144. The molecule has 0 N–H and O–H groups in total. The third-order valence-electron chi connectivity index (χ3n) is 4.98. The predicted octanol–water partition coefficient (Wildman–Crippen LogP) is 3.26. The first-order valence-corrected chi connectivity index (χ1v) is 10.1. The van der Waals surface area contributed by atoms with E-state index < -0.39 is 0 Å². The maximum Gasteiger partial charge on any atom is 0.306 e. The van der Waals surface area contributed by atoms with Crippen LogP contribution in [0.1, 0.15) is 23.1 Å². The molecule has 2 aromatic carbocycles. The molecular formula is C24H27N3O3. The number of likely N-dealkylation sites (N-methyl/N-ethyl adjacent to an activating group) is 1. The Morgan fingerprint density at radius 2 is 1.77 bits per heavy atom. The Balaban J connectivity index is 1.48. The lowest BCUT2D eigenvalue weighted by atomic mass is 10.00. The molecule has 0 bridgehead atoms. The molecule has 1 aromatic heterocycles. The van der Waals surface area contributed by atoms with Crippen LogP contribution in [0.5, 0.6) is 0 Å². The minimum absolute atomic E-state index is 0.0502. The van der Waals surface area contributed by atoms with E-state index in [9.17, 15) is 9.59 Å². The molecule has 0 radical (unpaired) electrons.